The van der Waals surface area contributed by atoms with Crippen molar-refractivity contribution < 1.29 is 4.79 Å². The minimum absolute atomic E-state index is 0. The highest BCUT2D eigenvalue weighted by molar-refractivity contribution is 9.10. The Labute approximate surface area is 135 Å². The Kier molecular flexibility index (Phi) is 7.00. The fraction of sp³-hybridized carbons (Fsp3) is 0.533. The van der Waals surface area contributed by atoms with Crippen molar-refractivity contribution in [3.8, 4) is 0 Å². The van der Waals surface area contributed by atoms with E-state index in [0.717, 1.165) is 28.4 Å². The Bertz CT molecular complexity index is 467. The molecule has 5 heteroatoms. The first-order valence-electron chi connectivity index (χ1n) is 6.89. The molecule has 0 aromatic heterocycles. The minimum Gasteiger partial charge on any atom is -0.349 e. The summed E-state index contributed by atoms with van der Waals surface area (Å²) < 4.78 is 0.971. The van der Waals surface area contributed by atoms with E-state index in [1.165, 1.54) is 12.8 Å². The minimum atomic E-state index is 0. The van der Waals surface area contributed by atoms with E-state index >= 15 is 0 Å². The summed E-state index contributed by atoms with van der Waals surface area (Å²) in [5.41, 5.74) is 7.54. The largest absolute Gasteiger partial charge is 0.349 e. The van der Waals surface area contributed by atoms with Gasteiger partial charge >= 0.3 is 0 Å². The molecule has 0 spiro atoms. The van der Waals surface area contributed by atoms with E-state index in [1.54, 1.807) is 0 Å². The highest BCUT2D eigenvalue weighted by Crippen LogP contribution is 2.25. The van der Waals surface area contributed by atoms with Crippen LogP contribution in [0.5, 0.6) is 0 Å². The van der Waals surface area contributed by atoms with E-state index in [4.69, 9.17) is 5.73 Å². The third-order valence-corrected chi connectivity index (χ3v) is 4.90. The van der Waals surface area contributed by atoms with Gasteiger partial charge in [0.1, 0.15) is 0 Å². The van der Waals surface area contributed by atoms with Gasteiger partial charge in [-0.2, -0.15) is 0 Å². The molecule has 1 amide bonds. The summed E-state index contributed by atoms with van der Waals surface area (Å²) in [6, 6.07) is 5.95. The van der Waals surface area contributed by atoms with Crippen LogP contribution in [0.3, 0.4) is 0 Å². The van der Waals surface area contributed by atoms with Crippen molar-refractivity contribution in [2.24, 2.45) is 11.7 Å². The summed E-state index contributed by atoms with van der Waals surface area (Å²) >= 11 is 3.47. The molecule has 1 aromatic carbocycles. The van der Waals surface area contributed by atoms with Gasteiger partial charge in [0.05, 0.1) is 0 Å². The molecule has 0 saturated heterocycles. The fourth-order valence-electron chi connectivity index (χ4n) is 2.78. The SMILES string of the molecule is Cc1c(Br)cccc1C(=O)NC1CCCCC1CN.Cl. The molecule has 2 atom stereocenters. The Hall–Kier alpha value is -0.580. The lowest BCUT2D eigenvalue weighted by Gasteiger charge is -2.31. The zero-order valence-corrected chi connectivity index (χ0v) is 14.1. The molecule has 1 aromatic rings. The van der Waals surface area contributed by atoms with Gasteiger partial charge in [-0.1, -0.05) is 34.8 Å². The molecular weight excluding hydrogens is 340 g/mol. The number of nitrogens with one attached hydrogen (secondary N) is 1. The molecule has 3 nitrogen and oxygen atoms in total. The fourth-order valence-corrected chi connectivity index (χ4v) is 3.15. The highest BCUT2D eigenvalue weighted by atomic mass is 79.9. The number of rotatable bonds is 3. The monoisotopic (exact) mass is 360 g/mol. The average Bonchev–Trinajstić information content (AvgIpc) is 2.42. The van der Waals surface area contributed by atoms with Crippen LogP contribution in [0.25, 0.3) is 0 Å². The third kappa shape index (κ3) is 3.96. The highest BCUT2D eigenvalue weighted by Gasteiger charge is 2.26. The predicted molar refractivity (Wildman–Crippen MR) is 88.4 cm³/mol. The molecule has 112 valence electrons. The maximum atomic E-state index is 12.4. The molecule has 1 aliphatic carbocycles. The van der Waals surface area contributed by atoms with Gasteiger partial charge in [0.25, 0.3) is 5.91 Å². The molecule has 1 fully saturated rings. The molecule has 20 heavy (non-hydrogen) atoms. The number of halogens is 2. The number of hydrogen-bond acceptors (Lipinski definition) is 2. The zero-order chi connectivity index (χ0) is 13.8. The molecule has 0 bridgehead atoms. The van der Waals surface area contributed by atoms with Gasteiger partial charge in [0, 0.05) is 16.1 Å². The van der Waals surface area contributed by atoms with Crippen molar-refractivity contribution in [3.05, 3.63) is 33.8 Å². The van der Waals surface area contributed by atoms with Crippen LogP contribution >= 0.6 is 28.3 Å². The van der Waals surface area contributed by atoms with Crippen LogP contribution in [0, 0.1) is 12.8 Å². The molecule has 2 rings (SSSR count). The maximum absolute atomic E-state index is 12.4. The van der Waals surface area contributed by atoms with Crippen LogP contribution in [0.15, 0.2) is 22.7 Å². The zero-order valence-electron chi connectivity index (χ0n) is 11.7. The molecule has 2 unspecified atom stereocenters. The number of nitrogens with two attached hydrogens (primary N) is 1. The summed E-state index contributed by atoms with van der Waals surface area (Å²) in [5, 5.41) is 3.16. The van der Waals surface area contributed by atoms with Gasteiger partial charge in [0.15, 0.2) is 0 Å². The van der Waals surface area contributed by atoms with E-state index in [2.05, 4.69) is 21.2 Å². The van der Waals surface area contributed by atoms with Gasteiger partial charge in [-0.3, -0.25) is 4.79 Å². The van der Waals surface area contributed by atoms with Crippen molar-refractivity contribution in [2.75, 3.05) is 6.54 Å². The van der Waals surface area contributed by atoms with Crippen LogP contribution in [0.2, 0.25) is 0 Å². The normalized spacial score (nSPS) is 21.9. The van der Waals surface area contributed by atoms with Crippen molar-refractivity contribution in [1.82, 2.24) is 5.32 Å². The number of carbonyl (C=O) groups excluding carboxylic acids is 1. The van der Waals surface area contributed by atoms with Gasteiger partial charge in [0.2, 0.25) is 0 Å². The number of amides is 1. The van der Waals surface area contributed by atoms with Gasteiger partial charge in [-0.05, 0) is 49.9 Å². The molecule has 0 heterocycles. The van der Waals surface area contributed by atoms with Crippen LogP contribution in [0.4, 0.5) is 0 Å². The number of carbonyl (C=O) groups is 1. The van der Waals surface area contributed by atoms with Gasteiger partial charge < -0.3 is 11.1 Å². The average molecular weight is 362 g/mol. The Balaban J connectivity index is 0.00000200. The van der Waals surface area contributed by atoms with E-state index in [9.17, 15) is 4.79 Å². The first kappa shape index (κ1) is 17.5. The first-order chi connectivity index (χ1) is 9.13. The predicted octanol–water partition coefficient (Wildman–Crippen LogP) is 3.43. The Morgan fingerprint density at radius 3 is 2.80 bits per heavy atom. The van der Waals surface area contributed by atoms with Gasteiger partial charge in [-0.25, -0.2) is 0 Å². The van der Waals surface area contributed by atoms with Crippen molar-refractivity contribution in [1.29, 1.82) is 0 Å². The van der Waals surface area contributed by atoms with E-state index in [1.807, 2.05) is 25.1 Å². The lowest BCUT2D eigenvalue weighted by molar-refractivity contribution is 0.0907. The van der Waals surface area contributed by atoms with E-state index in [-0.39, 0.29) is 24.4 Å². The Morgan fingerprint density at radius 2 is 2.10 bits per heavy atom. The van der Waals surface area contributed by atoms with Crippen LogP contribution in [-0.4, -0.2) is 18.5 Å². The van der Waals surface area contributed by atoms with Crippen molar-refractivity contribution in [2.45, 2.75) is 38.6 Å². The summed E-state index contributed by atoms with van der Waals surface area (Å²) in [6.45, 7) is 2.61. The lowest BCUT2D eigenvalue weighted by atomic mass is 9.84. The second-order valence-corrected chi connectivity index (χ2v) is 6.13. The molecule has 3 N–H and O–H groups in total. The van der Waals surface area contributed by atoms with Crippen molar-refractivity contribution >= 4 is 34.2 Å². The summed E-state index contributed by atoms with van der Waals surface area (Å²) in [5.74, 6) is 0.439. The second-order valence-electron chi connectivity index (χ2n) is 5.27. The first-order valence-corrected chi connectivity index (χ1v) is 7.69. The molecule has 0 radical (unpaired) electrons. The maximum Gasteiger partial charge on any atom is 0.251 e. The molecule has 0 aliphatic heterocycles. The summed E-state index contributed by atoms with van der Waals surface area (Å²) in [6.07, 6.45) is 4.57. The molecular formula is C15H22BrClN2O. The standard InChI is InChI=1S/C15H21BrN2O.ClH/c1-10-12(6-4-7-13(10)16)15(19)18-14-8-3-2-5-11(14)9-17;/h4,6-7,11,14H,2-3,5,8-9,17H2,1H3,(H,18,19);1H. The van der Waals surface area contributed by atoms with Gasteiger partial charge in [-0.15, -0.1) is 12.4 Å². The molecule has 1 aliphatic rings. The van der Waals surface area contributed by atoms with Crippen molar-refractivity contribution in [3.63, 3.8) is 0 Å². The number of hydrogen-bond donors (Lipinski definition) is 2. The van der Waals surface area contributed by atoms with Crippen LogP contribution in [-0.2, 0) is 0 Å². The quantitative estimate of drug-likeness (QED) is 0.866. The second kappa shape index (κ2) is 8.01. The lowest BCUT2D eigenvalue weighted by Crippen LogP contribution is -2.44. The van der Waals surface area contributed by atoms with E-state index in [0.29, 0.717) is 12.5 Å². The summed E-state index contributed by atoms with van der Waals surface area (Å²) in [7, 11) is 0. The van der Waals surface area contributed by atoms with Crippen LogP contribution in [0.1, 0.15) is 41.6 Å². The summed E-state index contributed by atoms with van der Waals surface area (Å²) in [4.78, 5) is 12.4. The smallest absolute Gasteiger partial charge is 0.251 e. The third-order valence-electron chi connectivity index (χ3n) is 4.04. The topological polar surface area (TPSA) is 55.1 Å². The van der Waals surface area contributed by atoms with Crippen LogP contribution < -0.4 is 11.1 Å². The number of benzene rings is 1. The Morgan fingerprint density at radius 1 is 1.40 bits per heavy atom. The van der Waals surface area contributed by atoms with E-state index < -0.39 is 0 Å². The molecule has 1 saturated carbocycles.